The van der Waals surface area contributed by atoms with Gasteiger partial charge in [0, 0.05) is 6.07 Å². The van der Waals surface area contributed by atoms with Gasteiger partial charge in [0.2, 0.25) is 5.91 Å². The van der Waals surface area contributed by atoms with Crippen molar-refractivity contribution in [2.24, 2.45) is 0 Å². The van der Waals surface area contributed by atoms with Crippen molar-refractivity contribution >= 4 is 34.9 Å². The van der Waals surface area contributed by atoms with Gasteiger partial charge in [-0.05, 0) is 23.3 Å². The largest absolute Gasteiger partial charge is 0.311 e. The van der Waals surface area contributed by atoms with Crippen LogP contribution in [0.2, 0.25) is 10.0 Å². The first-order valence-corrected chi connectivity index (χ1v) is 8.17. The first-order valence-electron chi connectivity index (χ1n) is 7.41. The number of halogens is 2. The summed E-state index contributed by atoms with van der Waals surface area (Å²) in [6, 6.07) is 16.9. The molecule has 0 spiro atoms. The molecule has 0 aliphatic heterocycles. The lowest BCUT2D eigenvalue weighted by Crippen LogP contribution is -2.18. The van der Waals surface area contributed by atoms with Gasteiger partial charge >= 0.3 is 0 Å². The average molecular weight is 360 g/mol. The van der Waals surface area contributed by atoms with Crippen molar-refractivity contribution in [3.05, 3.63) is 82.0 Å². The molecule has 0 unspecified atom stereocenters. The molecule has 0 saturated heterocycles. The summed E-state index contributed by atoms with van der Waals surface area (Å²) in [5, 5.41) is 8.05. The second-order valence-corrected chi connectivity index (χ2v) is 6.15. The van der Waals surface area contributed by atoms with Crippen molar-refractivity contribution in [1.82, 2.24) is 9.78 Å². The minimum absolute atomic E-state index is 0.136. The van der Waals surface area contributed by atoms with Gasteiger partial charge in [0.15, 0.2) is 0 Å². The molecule has 6 heteroatoms. The zero-order valence-corrected chi connectivity index (χ0v) is 14.3. The van der Waals surface area contributed by atoms with Crippen LogP contribution in [-0.2, 0) is 17.8 Å². The summed E-state index contributed by atoms with van der Waals surface area (Å²) in [5.41, 5.74) is 1.91. The average Bonchev–Trinajstić information content (AvgIpc) is 2.99. The Bertz CT molecular complexity index is 846. The number of hydrogen-bond acceptors (Lipinski definition) is 2. The van der Waals surface area contributed by atoms with Crippen LogP contribution in [0.3, 0.4) is 0 Å². The predicted molar refractivity (Wildman–Crippen MR) is 96.6 cm³/mol. The predicted octanol–water partition coefficient (Wildman–Crippen LogP) is 4.42. The van der Waals surface area contributed by atoms with Crippen molar-refractivity contribution in [2.45, 2.75) is 13.0 Å². The van der Waals surface area contributed by atoms with E-state index in [-0.39, 0.29) is 12.3 Å². The van der Waals surface area contributed by atoms with Gasteiger partial charge in [-0.2, -0.15) is 5.10 Å². The van der Waals surface area contributed by atoms with E-state index in [9.17, 15) is 4.79 Å². The van der Waals surface area contributed by atoms with Crippen LogP contribution in [0.1, 0.15) is 11.1 Å². The number of nitrogens with one attached hydrogen (secondary N) is 1. The summed E-state index contributed by atoms with van der Waals surface area (Å²) in [6.45, 7) is 0.593. The van der Waals surface area contributed by atoms with E-state index < -0.39 is 0 Å². The van der Waals surface area contributed by atoms with E-state index in [2.05, 4.69) is 10.4 Å². The molecule has 0 aliphatic rings. The molecule has 0 bridgehead atoms. The van der Waals surface area contributed by atoms with Crippen molar-refractivity contribution in [3.63, 3.8) is 0 Å². The molecule has 122 valence electrons. The monoisotopic (exact) mass is 359 g/mol. The summed E-state index contributed by atoms with van der Waals surface area (Å²) in [7, 11) is 0. The number of carbonyl (C=O) groups excluding carboxylic acids is 1. The molecule has 1 N–H and O–H groups in total. The standard InChI is InChI=1S/C18H15Cl2N3O/c19-15-7-6-14(10-16(15)20)11-18(24)22-17-8-9-21-23(17)12-13-4-2-1-3-5-13/h1-10H,11-12H2,(H,22,24). The van der Waals surface area contributed by atoms with E-state index in [1.165, 1.54) is 0 Å². The highest BCUT2D eigenvalue weighted by atomic mass is 35.5. The maximum Gasteiger partial charge on any atom is 0.229 e. The maximum absolute atomic E-state index is 12.3. The smallest absolute Gasteiger partial charge is 0.229 e. The third-order valence-corrected chi connectivity index (χ3v) is 4.25. The Morgan fingerprint density at radius 1 is 1.00 bits per heavy atom. The Kier molecular flexibility index (Phi) is 5.18. The van der Waals surface area contributed by atoms with Crippen molar-refractivity contribution in [3.8, 4) is 0 Å². The number of amides is 1. The van der Waals surface area contributed by atoms with Crippen molar-refractivity contribution in [2.75, 3.05) is 5.32 Å². The van der Waals surface area contributed by atoms with E-state index in [0.29, 0.717) is 22.4 Å². The zero-order valence-electron chi connectivity index (χ0n) is 12.7. The Labute approximate surface area is 150 Å². The molecule has 0 aliphatic carbocycles. The van der Waals surface area contributed by atoms with Crippen LogP contribution in [0, 0.1) is 0 Å². The third-order valence-electron chi connectivity index (χ3n) is 3.51. The molecule has 1 amide bonds. The number of carbonyl (C=O) groups is 1. The quantitative estimate of drug-likeness (QED) is 0.732. The van der Waals surface area contributed by atoms with E-state index in [1.807, 2.05) is 30.3 Å². The van der Waals surface area contributed by atoms with Crippen LogP contribution in [0.4, 0.5) is 5.82 Å². The highest BCUT2D eigenvalue weighted by molar-refractivity contribution is 6.42. The summed E-state index contributed by atoms with van der Waals surface area (Å²) in [5.74, 6) is 0.520. The molecule has 0 fully saturated rings. The molecule has 0 saturated carbocycles. The normalized spacial score (nSPS) is 10.6. The minimum atomic E-state index is -0.136. The SMILES string of the molecule is O=C(Cc1ccc(Cl)c(Cl)c1)Nc1ccnn1Cc1ccccc1. The lowest BCUT2D eigenvalue weighted by Gasteiger charge is -2.09. The first kappa shape index (κ1) is 16.6. The summed E-state index contributed by atoms with van der Waals surface area (Å²) >= 11 is 11.9. The van der Waals surface area contributed by atoms with Crippen LogP contribution in [0.15, 0.2) is 60.8 Å². The van der Waals surface area contributed by atoms with Gasteiger partial charge in [-0.1, -0.05) is 59.6 Å². The molecule has 24 heavy (non-hydrogen) atoms. The Morgan fingerprint density at radius 2 is 1.79 bits per heavy atom. The van der Waals surface area contributed by atoms with Gasteiger partial charge in [0.25, 0.3) is 0 Å². The molecule has 1 aromatic heterocycles. The van der Waals surface area contributed by atoms with Gasteiger partial charge < -0.3 is 5.32 Å². The summed E-state index contributed by atoms with van der Waals surface area (Å²) in [6.07, 6.45) is 1.88. The van der Waals surface area contributed by atoms with Gasteiger partial charge in [-0.15, -0.1) is 0 Å². The molecule has 4 nitrogen and oxygen atoms in total. The fourth-order valence-corrected chi connectivity index (χ4v) is 2.66. The summed E-state index contributed by atoms with van der Waals surface area (Å²) < 4.78 is 1.75. The van der Waals surface area contributed by atoms with Crippen LogP contribution in [0.5, 0.6) is 0 Å². The molecule has 2 aromatic carbocycles. The number of nitrogens with zero attached hydrogens (tertiary/aromatic N) is 2. The lowest BCUT2D eigenvalue weighted by molar-refractivity contribution is -0.115. The van der Waals surface area contributed by atoms with Gasteiger partial charge in [0.05, 0.1) is 29.2 Å². The fourth-order valence-electron chi connectivity index (χ4n) is 2.34. The van der Waals surface area contributed by atoms with Crippen LogP contribution < -0.4 is 5.32 Å². The molecular weight excluding hydrogens is 345 g/mol. The van der Waals surface area contributed by atoms with Crippen LogP contribution in [-0.4, -0.2) is 15.7 Å². The van der Waals surface area contributed by atoms with Gasteiger partial charge in [-0.3, -0.25) is 4.79 Å². The van der Waals surface area contributed by atoms with E-state index >= 15 is 0 Å². The zero-order chi connectivity index (χ0) is 16.9. The van der Waals surface area contributed by atoms with E-state index in [1.54, 1.807) is 35.1 Å². The molecule has 0 atom stereocenters. The third kappa shape index (κ3) is 4.16. The molecule has 3 rings (SSSR count). The Balaban J connectivity index is 1.66. The van der Waals surface area contributed by atoms with E-state index in [0.717, 1.165) is 11.1 Å². The van der Waals surface area contributed by atoms with E-state index in [4.69, 9.17) is 23.2 Å². The second kappa shape index (κ2) is 7.51. The van der Waals surface area contributed by atoms with Crippen LogP contribution in [0.25, 0.3) is 0 Å². The number of hydrogen-bond donors (Lipinski definition) is 1. The number of rotatable bonds is 5. The van der Waals surface area contributed by atoms with Crippen molar-refractivity contribution in [1.29, 1.82) is 0 Å². The lowest BCUT2D eigenvalue weighted by atomic mass is 10.1. The highest BCUT2D eigenvalue weighted by Gasteiger charge is 2.09. The molecule has 3 aromatic rings. The summed E-state index contributed by atoms with van der Waals surface area (Å²) in [4.78, 5) is 12.3. The van der Waals surface area contributed by atoms with Crippen molar-refractivity contribution < 1.29 is 4.79 Å². The second-order valence-electron chi connectivity index (χ2n) is 5.33. The van der Waals surface area contributed by atoms with Gasteiger partial charge in [-0.25, -0.2) is 4.68 Å². The minimum Gasteiger partial charge on any atom is -0.311 e. The molecule has 1 heterocycles. The van der Waals surface area contributed by atoms with Gasteiger partial charge in [0.1, 0.15) is 5.82 Å². The first-order chi connectivity index (χ1) is 11.6. The van der Waals surface area contributed by atoms with Crippen LogP contribution >= 0.6 is 23.2 Å². The number of aromatic nitrogens is 2. The Hall–Kier alpha value is -2.30. The number of anilines is 1. The topological polar surface area (TPSA) is 46.9 Å². The maximum atomic E-state index is 12.3. The fraction of sp³-hybridized carbons (Fsp3) is 0.111. The molecular formula is C18H15Cl2N3O. The number of benzene rings is 2. The molecule has 0 radical (unpaired) electrons. The highest BCUT2D eigenvalue weighted by Crippen LogP contribution is 2.23. The Morgan fingerprint density at radius 3 is 2.54 bits per heavy atom.